The molecule has 1 aromatic heterocycles. The minimum absolute atomic E-state index is 0. The second kappa shape index (κ2) is 6.48. The zero-order valence-electron chi connectivity index (χ0n) is 9.00. The molecule has 0 radical (unpaired) electrons. The second-order valence-corrected chi connectivity index (χ2v) is 3.43. The Morgan fingerprint density at radius 3 is 1.88 bits per heavy atom. The van der Waals surface area contributed by atoms with Crippen LogP contribution in [0.5, 0.6) is 0 Å². The van der Waals surface area contributed by atoms with Crippen molar-refractivity contribution in [2.24, 2.45) is 0 Å². The van der Waals surface area contributed by atoms with E-state index in [1.807, 2.05) is 0 Å². The summed E-state index contributed by atoms with van der Waals surface area (Å²) in [6, 6.07) is 1.43. The maximum atomic E-state index is 11.8. The van der Waals surface area contributed by atoms with Gasteiger partial charge in [0.2, 0.25) is 5.92 Å². The molecule has 17 heavy (non-hydrogen) atoms. The molecule has 1 aromatic rings. The third-order valence-corrected chi connectivity index (χ3v) is 1.76. The van der Waals surface area contributed by atoms with Crippen LogP contribution in [0.3, 0.4) is 0 Å². The predicted octanol–water partition coefficient (Wildman–Crippen LogP) is 1.99. The van der Waals surface area contributed by atoms with Crippen LogP contribution < -0.4 is 11.5 Å². The third kappa shape index (κ3) is 6.83. The Kier molecular flexibility index (Phi) is 6.01. The van der Waals surface area contributed by atoms with Crippen molar-refractivity contribution in [3.8, 4) is 0 Å². The molecule has 1 heterocycles. The molecular weight excluding hydrogens is 257 g/mol. The molecule has 0 unspecified atom stereocenters. The van der Waals surface area contributed by atoms with E-state index in [2.05, 4.69) is 9.97 Å². The number of nitrogen functional groups attached to an aromatic ring is 2. The van der Waals surface area contributed by atoms with E-state index in [9.17, 15) is 13.2 Å². The lowest BCUT2D eigenvalue weighted by molar-refractivity contribution is 0.120. The molecule has 0 spiro atoms. The Morgan fingerprint density at radius 1 is 1.18 bits per heavy atom. The van der Waals surface area contributed by atoms with Crippen molar-refractivity contribution in [2.45, 2.75) is 25.2 Å². The number of nitrogens with zero attached hydrogens (tertiary/aromatic N) is 2. The van der Waals surface area contributed by atoms with Crippen LogP contribution in [0.2, 0.25) is 0 Å². The first-order valence-electron chi connectivity index (χ1n) is 4.76. The number of alkyl halides is 3. The van der Waals surface area contributed by atoms with Gasteiger partial charge in [-0.05, 0) is 0 Å². The molecule has 1 aliphatic carbocycles. The van der Waals surface area contributed by atoms with Gasteiger partial charge in [0.15, 0.2) is 0 Å². The fourth-order valence-electron chi connectivity index (χ4n) is 0.830. The van der Waals surface area contributed by atoms with E-state index < -0.39 is 12.6 Å². The van der Waals surface area contributed by atoms with Gasteiger partial charge in [0.1, 0.15) is 17.5 Å². The minimum Gasteiger partial charge on any atom is -0.384 e. The Hall–Kier alpha value is -1.24. The van der Waals surface area contributed by atoms with E-state index in [0.29, 0.717) is 5.82 Å². The van der Waals surface area contributed by atoms with Crippen molar-refractivity contribution in [1.82, 2.24) is 9.97 Å². The summed E-state index contributed by atoms with van der Waals surface area (Å²) in [6.45, 7) is -0.497. The van der Waals surface area contributed by atoms with Gasteiger partial charge in [-0.3, -0.25) is 4.39 Å². The van der Waals surface area contributed by atoms with Crippen molar-refractivity contribution in [1.29, 1.82) is 0 Å². The van der Waals surface area contributed by atoms with Gasteiger partial charge in [0.05, 0.1) is 6.67 Å². The van der Waals surface area contributed by atoms with E-state index in [1.54, 1.807) is 0 Å². The summed E-state index contributed by atoms with van der Waals surface area (Å²) in [4.78, 5) is 7.54. The quantitative estimate of drug-likeness (QED) is 0.861. The average Bonchev–Trinajstić information content (AvgIpc) is 2.81. The number of hydrogen-bond acceptors (Lipinski definition) is 4. The van der Waals surface area contributed by atoms with E-state index in [4.69, 9.17) is 11.5 Å². The van der Waals surface area contributed by atoms with E-state index in [-0.39, 0.29) is 43.3 Å². The van der Waals surface area contributed by atoms with Gasteiger partial charge < -0.3 is 11.5 Å². The Balaban J connectivity index is 0.000000360. The van der Waals surface area contributed by atoms with Crippen molar-refractivity contribution in [2.75, 3.05) is 18.1 Å². The molecule has 1 fully saturated rings. The van der Waals surface area contributed by atoms with E-state index >= 15 is 0 Å². The molecule has 8 heteroatoms. The molecule has 0 aliphatic heterocycles. The van der Waals surface area contributed by atoms with Crippen LogP contribution in [0.1, 0.15) is 18.7 Å². The van der Waals surface area contributed by atoms with Crippen molar-refractivity contribution in [3.63, 3.8) is 0 Å². The number of rotatable bonds is 2. The van der Waals surface area contributed by atoms with Crippen LogP contribution in [0.25, 0.3) is 0 Å². The molecule has 98 valence electrons. The summed E-state index contributed by atoms with van der Waals surface area (Å²) in [7, 11) is 0. The molecule has 2 rings (SSSR count). The first-order valence-corrected chi connectivity index (χ1v) is 4.76. The topological polar surface area (TPSA) is 77.8 Å². The van der Waals surface area contributed by atoms with Crippen LogP contribution >= 0.6 is 12.4 Å². The summed E-state index contributed by atoms with van der Waals surface area (Å²) < 4.78 is 34.0. The summed E-state index contributed by atoms with van der Waals surface area (Å²) in [5.74, 6) is -1.34. The largest absolute Gasteiger partial charge is 0.384 e. The SMILES string of the molecule is Cl.FC1(F)CC1.Nc1cc(N)nc(CCF)n1. The van der Waals surface area contributed by atoms with Crippen LogP contribution in [0, 0.1) is 0 Å². The second-order valence-electron chi connectivity index (χ2n) is 3.43. The fourth-order valence-corrected chi connectivity index (χ4v) is 0.830. The van der Waals surface area contributed by atoms with Crippen molar-refractivity contribution < 1.29 is 13.2 Å². The highest BCUT2D eigenvalue weighted by molar-refractivity contribution is 5.85. The van der Waals surface area contributed by atoms with Gasteiger partial charge in [0.25, 0.3) is 0 Å². The maximum Gasteiger partial charge on any atom is 0.248 e. The summed E-state index contributed by atoms with van der Waals surface area (Å²) in [6.07, 6.45) is 0.398. The standard InChI is InChI=1S/C6H9FN4.C3H4F2.ClH/c7-2-1-6-10-4(8)3-5(9)11-6;4-3(5)1-2-3;/h3H,1-2H2,(H4,8,9,10,11);1-2H2;1H. The van der Waals surface area contributed by atoms with Gasteiger partial charge in [-0.1, -0.05) is 0 Å². The number of hydrogen-bond donors (Lipinski definition) is 2. The predicted molar refractivity (Wildman–Crippen MR) is 62.0 cm³/mol. The normalized spacial score (nSPS) is 15.2. The Morgan fingerprint density at radius 2 is 1.59 bits per heavy atom. The highest BCUT2D eigenvalue weighted by Crippen LogP contribution is 2.40. The van der Waals surface area contributed by atoms with Crippen LogP contribution in [-0.4, -0.2) is 22.6 Å². The zero-order valence-corrected chi connectivity index (χ0v) is 9.81. The average molecular weight is 271 g/mol. The zero-order chi connectivity index (χ0) is 12.2. The molecule has 1 aliphatic rings. The van der Waals surface area contributed by atoms with Crippen LogP contribution in [0.15, 0.2) is 6.07 Å². The molecule has 0 amide bonds. The lowest BCUT2D eigenvalue weighted by Gasteiger charge is -1.98. The molecule has 0 saturated heterocycles. The molecule has 4 nitrogen and oxygen atoms in total. The first kappa shape index (κ1) is 15.8. The van der Waals surface area contributed by atoms with Gasteiger partial charge in [-0.15, -0.1) is 12.4 Å². The Bertz CT molecular complexity index is 336. The lowest BCUT2D eigenvalue weighted by atomic mass is 10.4. The maximum absolute atomic E-state index is 11.8. The van der Waals surface area contributed by atoms with Crippen LogP contribution in [-0.2, 0) is 6.42 Å². The van der Waals surface area contributed by atoms with Crippen molar-refractivity contribution in [3.05, 3.63) is 11.9 Å². The minimum atomic E-state index is -2.25. The first-order chi connectivity index (χ1) is 7.43. The molecule has 0 aromatic carbocycles. The summed E-state index contributed by atoms with van der Waals surface area (Å²) in [5, 5.41) is 0. The van der Waals surface area contributed by atoms with Crippen LogP contribution in [0.4, 0.5) is 24.8 Å². The monoisotopic (exact) mass is 270 g/mol. The van der Waals surface area contributed by atoms with E-state index in [0.717, 1.165) is 0 Å². The number of nitrogens with two attached hydrogens (primary N) is 2. The lowest BCUT2D eigenvalue weighted by Crippen LogP contribution is -2.03. The molecule has 4 N–H and O–H groups in total. The smallest absolute Gasteiger partial charge is 0.248 e. The summed E-state index contributed by atoms with van der Waals surface area (Å²) >= 11 is 0. The highest BCUT2D eigenvalue weighted by atomic mass is 35.5. The van der Waals surface area contributed by atoms with Gasteiger partial charge in [-0.25, -0.2) is 18.7 Å². The van der Waals surface area contributed by atoms with Gasteiger partial charge in [0, 0.05) is 25.3 Å². The Labute approximate surface area is 103 Å². The number of anilines is 2. The summed E-state index contributed by atoms with van der Waals surface area (Å²) in [5.41, 5.74) is 10.7. The molecular formula is C9H14ClF3N4. The molecule has 1 saturated carbocycles. The molecule has 0 atom stereocenters. The highest BCUT2D eigenvalue weighted by Gasteiger charge is 2.43. The molecule has 0 bridgehead atoms. The van der Waals surface area contributed by atoms with Gasteiger partial charge in [-0.2, -0.15) is 0 Å². The third-order valence-electron chi connectivity index (χ3n) is 1.76. The van der Waals surface area contributed by atoms with Crippen molar-refractivity contribution >= 4 is 24.0 Å². The fraction of sp³-hybridized carbons (Fsp3) is 0.556. The number of halogens is 4. The van der Waals surface area contributed by atoms with Gasteiger partial charge >= 0.3 is 0 Å². The number of aromatic nitrogens is 2. The number of aryl methyl sites for hydroxylation is 1. The van der Waals surface area contributed by atoms with E-state index in [1.165, 1.54) is 6.07 Å².